The Bertz CT molecular complexity index is 1480. The van der Waals surface area contributed by atoms with Gasteiger partial charge in [-0.05, 0) is 67.8 Å². The second-order valence-corrected chi connectivity index (χ2v) is 10.6. The molecule has 1 amide bonds. The quantitative estimate of drug-likeness (QED) is 0.292. The second-order valence-electron chi connectivity index (χ2n) is 8.52. The number of carbonyl (C=O) groups is 1. The molecule has 3 aromatic rings. The lowest BCUT2D eigenvalue weighted by Gasteiger charge is -2.14. The molecule has 38 heavy (non-hydrogen) atoms. The smallest absolute Gasteiger partial charge is 0.396 e. The van der Waals surface area contributed by atoms with Gasteiger partial charge in [0.2, 0.25) is 0 Å². The molecular formula is C27H27F3N2O5S. The number of hydrogen-bond donors (Lipinski definition) is 2. The van der Waals surface area contributed by atoms with E-state index in [1.54, 1.807) is 25.1 Å². The monoisotopic (exact) mass is 548 g/mol. The van der Waals surface area contributed by atoms with Crippen molar-refractivity contribution >= 4 is 15.7 Å². The van der Waals surface area contributed by atoms with Gasteiger partial charge in [-0.2, -0.15) is 13.2 Å². The van der Waals surface area contributed by atoms with Crippen LogP contribution in [-0.4, -0.2) is 36.4 Å². The van der Waals surface area contributed by atoms with Crippen LogP contribution in [0.3, 0.4) is 0 Å². The van der Waals surface area contributed by atoms with Gasteiger partial charge >= 0.3 is 6.18 Å². The van der Waals surface area contributed by atoms with Crippen molar-refractivity contribution in [3.63, 3.8) is 0 Å². The van der Waals surface area contributed by atoms with E-state index in [4.69, 9.17) is 5.11 Å². The number of benzene rings is 2. The van der Waals surface area contributed by atoms with E-state index in [1.807, 2.05) is 0 Å². The van der Waals surface area contributed by atoms with Crippen LogP contribution in [-0.2, 0) is 22.6 Å². The van der Waals surface area contributed by atoms with E-state index in [1.165, 1.54) is 42.5 Å². The number of aliphatic hydroxyl groups excluding tert-OH is 1. The van der Waals surface area contributed by atoms with Gasteiger partial charge in [0, 0.05) is 24.5 Å². The predicted octanol–water partition coefficient (Wildman–Crippen LogP) is 4.20. The van der Waals surface area contributed by atoms with Crippen molar-refractivity contribution in [2.24, 2.45) is 0 Å². The molecule has 11 heteroatoms. The second kappa shape index (κ2) is 12.2. The number of unbranched alkanes of at least 4 members (excludes halogenated alkanes) is 1. The van der Waals surface area contributed by atoms with Crippen LogP contribution in [0.15, 0.2) is 82.5 Å². The van der Waals surface area contributed by atoms with Crippen LogP contribution in [0.1, 0.15) is 40.0 Å². The van der Waals surface area contributed by atoms with Crippen LogP contribution >= 0.6 is 0 Å². The fourth-order valence-corrected chi connectivity index (χ4v) is 4.79. The van der Waals surface area contributed by atoms with E-state index in [-0.39, 0.29) is 35.1 Å². The lowest BCUT2D eigenvalue weighted by atomic mass is 10.1. The zero-order chi connectivity index (χ0) is 27.9. The van der Waals surface area contributed by atoms with Gasteiger partial charge in [-0.3, -0.25) is 14.2 Å². The van der Waals surface area contributed by atoms with Gasteiger partial charge in [-0.15, -0.1) is 0 Å². The maximum atomic E-state index is 13.1. The Kier molecular flexibility index (Phi) is 9.29. The minimum atomic E-state index is -4.59. The number of rotatable bonds is 10. The lowest BCUT2D eigenvalue weighted by Crippen LogP contribution is -2.33. The lowest BCUT2D eigenvalue weighted by molar-refractivity contribution is -0.137. The average molecular weight is 549 g/mol. The SMILES string of the molecule is Cc1ccc(C(=O)NCc2ccc(S(=O)(=O)CC=CCCCO)cc2)c(=O)n1-c1cccc(C(F)(F)F)c1. The van der Waals surface area contributed by atoms with Crippen LogP contribution in [0, 0.1) is 6.92 Å². The minimum Gasteiger partial charge on any atom is -0.396 e. The van der Waals surface area contributed by atoms with E-state index in [0.717, 1.165) is 16.7 Å². The highest BCUT2D eigenvalue weighted by atomic mass is 32.2. The molecule has 0 fully saturated rings. The summed E-state index contributed by atoms with van der Waals surface area (Å²) in [5.74, 6) is -0.902. The number of hydrogen-bond acceptors (Lipinski definition) is 5. The molecule has 0 atom stereocenters. The number of aliphatic hydroxyl groups is 1. The van der Waals surface area contributed by atoms with Gasteiger partial charge in [0.1, 0.15) is 5.56 Å². The van der Waals surface area contributed by atoms with Crippen molar-refractivity contribution in [3.05, 3.63) is 106 Å². The molecule has 0 saturated heterocycles. The number of alkyl halides is 3. The Morgan fingerprint density at radius 3 is 2.42 bits per heavy atom. The zero-order valence-electron chi connectivity index (χ0n) is 20.5. The van der Waals surface area contributed by atoms with E-state index in [0.29, 0.717) is 24.1 Å². The molecule has 0 radical (unpaired) electrons. The number of amides is 1. The van der Waals surface area contributed by atoms with Gasteiger partial charge < -0.3 is 10.4 Å². The molecule has 7 nitrogen and oxygen atoms in total. The zero-order valence-corrected chi connectivity index (χ0v) is 21.3. The van der Waals surface area contributed by atoms with E-state index in [9.17, 15) is 31.2 Å². The molecule has 0 aliphatic carbocycles. The summed E-state index contributed by atoms with van der Waals surface area (Å²) in [6.45, 7) is 1.58. The van der Waals surface area contributed by atoms with Crippen LogP contribution in [0.5, 0.6) is 0 Å². The van der Waals surface area contributed by atoms with E-state index in [2.05, 4.69) is 5.32 Å². The van der Waals surface area contributed by atoms with Crippen molar-refractivity contribution in [1.29, 1.82) is 0 Å². The first-order valence-corrected chi connectivity index (χ1v) is 13.4. The highest BCUT2D eigenvalue weighted by molar-refractivity contribution is 7.91. The Labute approximate surface area is 218 Å². The summed E-state index contributed by atoms with van der Waals surface area (Å²) in [6.07, 6.45) is -0.222. The third-order valence-electron chi connectivity index (χ3n) is 5.70. The molecular weight excluding hydrogens is 521 g/mol. The highest BCUT2D eigenvalue weighted by Crippen LogP contribution is 2.30. The molecule has 1 aromatic heterocycles. The summed E-state index contributed by atoms with van der Waals surface area (Å²) in [6, 6.07) is 13.0. The van der Waals surface area contributed by atoms with Crippen LogP contribution in [0.25, 0.3) is 5.69 Å². The average Bonchev–Trinajstić information content (AvgIpc) is 2.87. The summed E-state index contributed by atoms with van der Waals surface area (Å²) >= 11 is 0. The Balaban J connectivity index is 1.73. The third kappa shape index (κ3) is 7.20. The summed E-state index contributed by atoms with van der Waals surface area (Å²) in [4.78, 5) is 25.9. The van der Waals surface area contributed by atoms with Crippen LogP contribution in [0.2, 0.25) is 0 Å². The maximum Gasteiger partial charge on any atom is 0.416 e. The molecule has 0 saturated carbocycles. The van der Waals surface area contributed by atoms with Gasteiger partial charge in [-0.25, -0.2) is 8.42 Å². The van der Waals surface area contributed by atoms with Crippen molar-refractivity contribution in [3.8, 4) is 5.69 Å². The predicted molar refractivity (Wildman–Crippen MR) is 137 cm³/mol. The molecule has 1 heterocycles. The number of sulfone groups is 1. The molecule has 3 rings (SSSR count). The molecule has 0 unspecified atom stereocenters. The number of aryl methyl sites for hydroxylation is 1. The number of allylic oxidation sites excluding steroid dienone is 1. The maximum absolute atomic E-state index is 13.1. The fraction of sp³-hybridized carbons (Fsp3) is 0.259. The number of halogens is 3. The van der Waals surface area contributed by atoms with Crippen molar-refractivity contribution < 1.29 is 31.5 Å². The molecule has 0 aliphatic rings. The molecule has 0 spiro atoms. The molecule has 0 bridgehead atoms. The number of aromatic nitrogens is 1. The summed E-state index contributed by atoms with van der Waals surface area (Å²) in [7, 11) is -3.54. The van der Waals surface area contributed by atoms with Crippen LogP contribution < -0.4 is 10.9 Å². The van der Waals surface area contributed by atoms with Gasteiger partial charge in [-0.1, -0.05) is 30.4 Å². The van der Waals surface area contributed by atoms with E-state index < -0.39 is 33.0 Å². The standard InChI is InChI=1S/C27H27F3N2O5S/c1-19-9-14-24(26(35)32(19)22-8-6-7-21(17-22)27(28,29)30)25(34)31-18-20-10-12-23(13-11-20)38(36,37)16-5-3-2-4-15-33/h3,5-14,17,33H,2,4,15-16,18H2,1H3,(H,31,34). The molecule has 0 aliphatic heterocycles. The number of carbonyl (C=O) groups excluding carboxylic acids is 1. The number of pyridine rings is 1. The number of nitrogens with one attached hydrogen (secondary N) is 1. The topological polar surface area (TPSA) is 105 Å². The first-order valence-electron chi connectivity index (χ1n) is 11.7. The van der Waals surface area contributed by atoms with Gasteiger partial charge in [0.25, 0.3) is 11.5 Å². The molecule has 2 N–H and O–H groups in total. The van der Waals surface area contributed by atoms with Gasteiger partial charge in [0.15, 0.2) is 9.84 Å². The Morgan fingerprint density at radius 1 is 1.05 bits per heavy atom. The van der Waals surface area contributed by atoms with Gasteiger partial charge in [0.05, 0.1) is 16.2 Å². The molecule has 2 aromatic carbocycles. The fourth-order valence-electron chi connectivity index (χ4n) is 3.66. The molecule has 202 valence electrons. The first kappa shape index (κ1) is 28.9. The number of nitrogens with zero attached hydrogens (tertiary/aromatic N) is 1. The summed E-state index contributed by atoms with van der Waals surface area (Å²) in [5.41, 5.74) is -1.01. The highest BCUT2D eigenvalue weighted by Gasteiger charge is 2.30. The van der Waals surface area contributed by atoms with Crippen LogP contribution in [0.4, 0.5) is 13.2 Å². The third-order valence-corrected chi connectivity index (χ3v) is 7.32. The Hall–Kier alpha value is -3.70. The normalized spacial score (nSPS) is 12.1. The Morgan fingerprint density at radius 2 is 1.76 bits per heavy atom. The van der Waals surface area contributed by atoms with Crippen molar-refractivity contribution in [2.45, 2.75) is 37.4 Å². The van der Waals surface area contributed by atoms with Crippen molar-refractivity contribution in [1.82, 2.24) is 9.88 Å². The summed E-state index contributed by atoms with van der Waals surface area (Å²) < 4.78 is 65.4. The minimum absolute atomic E-state index is 0.00288. The van der Waals surface area contributed by atoms with Crippen molar-refractivity contribution in [2.75, 3.05) is 12.4 Å². The first-order chi connectivity index (χ1) is 17.9. The van der Waals surface area contributed by atoms with E-state index >= 15 is 0 Å². The largest absolute Gasteiger partial charge is 0.416 e. The summed E-state index contributed by atoms with van der Waals surface area (Å²) in [5, 5.41) is 11.3.